The van der Waals surface area contributed by atoms with Gasteiger partial charge in [0.25, 0.3) is 5.91 Å². The number of benzene rings is 2. The first-order chi connectivity index (χ1) is 13.6. The average Bonchev–Trinajstić information content (AvgIpc) is 3.22. The Balaban J connectivity index is 1.59. The maximum atomic E-state index is 12.8. The van der Waals surface area contributed by atoms with Gasteiger partial charge in [0.2, 0.25) is 0 Å². The van der Waals surface area contributed by atoms with E-state index in [0.29, 0.717) is 5.69 Å². The molecule has 1 amide bonds. The number of rotatable bonds is 8. The van der Waals surface area contributed by atoms with Crippen LogP contribution in [0.5, 0.6) is 5.75 Å². The van der Waals surface area contributed by atoms with Crippen LogP contribution in [0.2, 0.25) is 0 Å². The lowest BCUT2D eigenvalue weighted by molar-refractivity contribution is 0.0736. The maximum absolute atomic E-state index is 12.8. The van der Waals surface area contributed by atoms with Gasteiger partial charge in [-0.3, -0.25) is 9.48 Å². The van der Waals surface area contributed by atoms with Crippen LogP contribution in [-0.4, -0.2) is 40.0 Å². The van der Waals surface area contributed by atoms with Gasteiger partial charge in [-0.25, -0.2) is 0 Å². The predicted octanol–water partition coefficient (Wildman–Crippen LogP) is 3.75. The van der Waals surface area contributed by atoms with Crippen LogP contribution in [0.25, 0.3) is 0 Å². The van der Waals surface area contributed by atoms with E-state index in [1.807, 2.05) is 49.4 Å². The second-order valence-electron chi connectivity index (χ2n) is 6.82. The topological polar surface area (TPSA) is 60.2 Å². The number of ether oxygens (including phenoxy) is 1. The van der Waals surface area contributed by atoms with Crippen molar-refractivity contribution in [1.29, 1.82) is 0 Å². The summed E-state index contributed by atoms with van der Waals surface area (Å²) in [6, 6.07) is 18.0. The van der Waals surface area contributed by atoms with E-state index in [-0.39, 0.29) is 11.9 Å². The van der Waals surface area contributed by atoms with Crippen molar-refractivity contribution in [2.75, 3.05) is 14.2 Å². The Labute approximate surface area is 165 Å². The van der Waals surface area contributed by atoms with E-state index in [1.165, 1.54) is 5.56 Å². The summed E-state index contributed by atoms with van der Waals surface area (Å²) in [7, 11) is 3.41. The molecule has 0 aliphatic carbocycles. The highest BCUT2D eigenvalue weighted by Crippen LogP contribution is 2.23. The van der Waals surface area contributed by atoms with Crippen molar-refractivity contribution in [2.24, 2.45) is 0 Å². The molecule has 0 radical (unpaired) electrons. The molecule has 2 aromatic carbocycles. The molecule has 0 fully saturated rings. The van der Waals surface area contributed by atoms with E-state index in [4.69, 9.17) is 4.74 Å². The van der Waals surface area contributed by atoms with Gasteiger partial charge in [-0.1, -0.05) is 47.7 Å². The molecule has 3 aromatic rings. The lowest BCUT2D eigenvalue weighted by Gasteiger charge is -2.24. The number of methoxy groups -OCH3 is 1. The van der Waals surface area contributed by atoms with Crippen LogP contribution < -0.4 is 4.74 Å². The highest BCUT2D eigenvalue weighted by atomic mass is 16.5. The maximum Gasteiger partial charge on any atom is 0.276 e. The smallest absolute Gasteiger partial charge is 0.276 e. The van der Waals surface area contributed by atoms with Crippen LogP contribution in [0.3, 0.4) is 0 Å². The summed E-state index contributed by atoms with van der Waals surface area (Å²) >= 11 is 0. The number of aryl methyl sites for hydroxylation is 2. The fraction of sp³-hybridized carbons (Fsp3) is 0.318. The van der Waals surface area contributed by atoms with Gasteiger partial charge in [-0.05, 0) is 43.0 Å². The Hall–Kier alpha value is -3.15. The van der Waals surface area contributed by atoms with Crippen molar-refractivity contribution < 1.29 is 9.53 Å². The third-order valence-electron chi connectivity index (χ3n) is 4.93. The number of carbonyl (C=O) groups excluding carboxylic acids is 1. The summed E-state index contributed by atoms with van der Waals surface area (Å²) in [4.78, 5) is 14.5. The summed E-state index contributed by atoms with van der Waals surface area (Å²) in [6.07, 6.45) is 3.63. The number of aromatic nitrogens is 3. The molecular weight excluding hydrogens is 352 g/mol. The van der Waals surface area contributed by atoms with Crippen molar-refractivity contribution in [3.05, 3.63) is 77.6 Å². The monoisotopic (exact) mass is 378 g/mol. The van der Waals surface area contributed by atoms with Gasteiger partial charge in [0.1, 0.15) is 5.75 Å². The molecule has 6 heteroatoms. The van der Waals surface area contributed by atoms with Gasteiger partial charge in [0.05, 0.1) is 19.3 Å². The first-order valence-corrected chi connectivity index (χ1v) is 9.43. The molecule has 0 bridgehead atoms. The van der Waals surface area contributed by atoms with Crippen LogP contribution >= 0.6 is 0 Å². The summed E-state index contributed by atoms with van der Waals surface area (Å²) in [6.45, 7) is 2.71. The van der Waals surface area contributed by atoms with E-state index >= 15 is 0 Å². The molecule has 3 rings (SSSR count). The third kappa shape index (κ3) is 4.76. The molecule has 146 valence electrons. The minimum atomic E-state index is -0.148. The van der Waals surface area contributed by atoms with E-state index in [1.54, 1.807) is 29.9 Å². The molecule has 28 heavy (non-hydrogen) atoms. The summed E-state index contributed by atoms with van der Waals surface area (Å²) in [5.41, 5.74) is 2.66. The Morgan fingerprint density at radius 3 is 2.71 bits per heavy atom. The van der Waals surface area contributed by atoms with Crippen molar-refractivity contribution in [2.45, 2.75) is 32.4 Å². The lowest BCUT2D eigenvalue weighted by atomic mass is 10.1. The Bertz CT molecular complexity index is 908. The summed E-state index contributed by atoms with van der Waals surface area (Å²) in [5.74, 6) is 0.624. The molecule has 0 aliphatic heterocycles. The van der Waals surface area contributed by atoms with Crippen LogP contribution in [0, 0.1) is 0 Å². The van der Waals surface area contributed by atoms with Crippen LogP contribution in [0.15, 0.2) is 60.8 Å². The zero-order valence-electron chi connectivity index (χ0n) is 16.6. The van der Waals surface area contributed by atoms with Crippen molar-refractivity contribution >= 4 is 5.91 Å². The quantitative estimate of drug-likeness (QED) is 0.599. The van der Waals surface area contributed by atoms with Crippen molar-refractivity contribution in [3.8, 4) is 5.75 Å². The fourth-order valence-electron chi connectivity index (χ4n) is 3.08. The van der Waals surface area contributed by atoms with Gasteiger partial charge in [0, 0.05) is 13.6 Å². The van der Waals surface area contributed by atoms with Crippen LogP contribution in [0.4, 0.5) is 0 Å². The largest absolute Gasteiger partial charge is 0.497 e. The molecule has 0 spiro atoms. The highest BCUT2D eigenvalue weighted by molar-refractivity contribution is 5.92. The average molecular weight is 378 g/mol. The van der Waals surface area contributed by atoms with Gasteiger partial charge in [-0.15, -0.1) is 5.10 Å². The third-order valence-corrected chi connectivity index (χ3v) is 4.93. The summed E-state index contributed by atoms with van der Waals surface area (Å²) < 4.78 is 7.01. The number of amides is 1. The van der Waals surface area contributed by atoms with Gasteiger partial charge >= 0.3 is 0 Å². The van der Waals surface area contributed by atoms with Crippen molar-refractivity contribution in [3.63, 3.8) is 0 Å². The highest BCUT2D eigenvalue weighted by Gasteiger charge is 2.21. The summed E-state index contributed by atoms with van der Waals surface area (Å²) in [5, 5.41) is 8.18. The molecule has 0 saturated carbocycles. The van der Waals surface area contributed by atoms with E-state index in [0.717, 1.165) is 30.7 Å². The normalized spacial score (nSPS) is 11.8. The first-order valence-electron chi connectivity index (χ1n) is 9.43. The minimum Gasteiger partial charge on any atom is -0.497 e. The Morgan fingerprint density at radius 1 is 1.18 bits per heavy atom. The molecule has 6 nitrogen and oxygen atoms in total. The zero-order valence-corrected chi connectivity index (χ0v) is 16.6. The second-order valence-corrected chi connectivity index (χ2v) is 6.82. The molecule has 0 saturated heterocycles. The van der Waals surface area contributed by atoms with Crippen molar-refractivity contribution in [1.82, 2.24) is 19.9 Å². The van der Waals surface area contributed by atoms with Gasteiger partial charge in [0.15, 0.2) is 5.69 Å². The second kappa shape index (κ2) is 9.17. The van der Waals surface area contributed by atoms with Crippen LogP contribution in [-0.2, 0) is 13.0 Å². The molecule has 1 aromatic heterocycles. The first kappa shape index (κ1) is 19.6. The standard InChI is InChI=1S/C22H26N4O2/c1-17(19-12-7-13-20(15-19)28-3)25(2)22(27)21-16-26(24-23-21)14-8-11-18-9-5-4-6-10-18/h4-7,9-10,12-13,15-17H,8,11,14H2,1-3H3/t17-/m0/s1. The molecule has 1 heterocycles. The van der Waals surface area contributed by atoms with E-state index in [2.05, 4.69) is 22.4 Å². The Morgan fingerprint density at radius 2 is 1.96 bits per heavy atom. The number of hydrogen-bond acceptors (Lipinski definition) is 4. The zero-order chi connectivity index (χ0) is 19.9. The molecular formula is C22H26N4O2. The van der Waals surface area contributed by atoms with Gasteiger partial charge in [-0.2, -0.15) is 0 Å². The molecule has 1 atom stereocenters. The minimum absolute atomic E-state index is 0.106. The van der Waals surface area contributed by atoms with E-state index < -0.39 is 0 Å². The Kier molecular flexibility index (Phi) is 6.42. The number of nitrogens with zero attached hydrogens (tertiary/aromatic N) is 4. The SMILES string of the molecule is COc1cccc([C@H](C)N(C)C(=O)c2cn(CCCc3ccccc3)nn2)c1. The molecule has 0 aliphatic rings. The number of hydrogen-bond donors (Lipinski definition) is 0. The molecule has 0 N–H and O–H groups in total. The van der Waals surface area contributed by atoms with Crippen LogP contribution in [0.1, 0.15) is 41.0 Å². The molecule has 0 unspecified atom stereocenters. The number of carbonyl (C=O) groups is 1. The van der Waals surface area contributed by atoms with E-state index in [9.17, 15) is 4.79 Å². The van der Waals surface area contributed by atoms with Gasteiger partial charge < -0.3 is 9.64 Å². The fourth-order valence-corrected chi connectivity index (χ4v) is 3.08. The predicted molar refractivity (Wildman–Crippen MR) is 108 cm³/mol. The lowest BCUT2D eigenvalue weighted by Crippen LogP contribution is -2.30.